The summed E-state index contributed by atoms with van der Waals surface area (Å²) >= 11 is 0. The van der Waals surface area contributed by atoms with Crippen LogP contribution < -0.4 is 16.0 Å². The van der Waals surface area contributed by atoms with Crippen LogP contribution in [0.2, 0.25) is 0 Å². The number of rotatable bonds is 3. The third-order valence-electron chi connectivity index (χ3n) is 2.85. The Kier molecular flexibility index (Phi) is 2.68. The van der Waals surface area contributed by atoms with E-state index >= 15 is 0 Å². The first-order valence-electron chi connectivity index (χ1n) is 5.92. The Morgan fingerprint density at radius 3 is 2.65 bits per heavy atom. The molecule has 1 aromatic rings. The van der Waals surface area contributed by atoms with Gasteiger partial charge in [-0.3, -0.25) is 0 Å². The fourth-order valence-corrected chi connectivity index (χ4v) is 1.76. The van der Waals surface area contributed by atoms with E-state index in [4.69, 9.17) is 10.5 Å². The maximum atomic E-state index is 5.70. The summed E-state index contributed by atoms with van der Waals surface area (Å²) in [4.78, 5) is 14.7. The van der Waals surface area contributed by atoms with Crippen LogP contribution in [0.4, 0.5) is 17.8 Å². The van der Waals surface area contributed by atoms with E-state index in [0.717, 1.165) is 13.1 Å². The van der Waals surface area contributed by atoms with E-state index in [2.05, 4.69) is 25.2 Å². The van der Waals surface area contributed by atoms with Gasteiger partial charge in [0.05, 0.1) is 13.2 Å². The first-order valence-corrected chi connectivity index (χ1v) is 5.92. The molecule has 17 heavy (non-hydrogen) atoms. The van der Waals surface area contributed by atoms with Crippen LogP contribution in [0.1, 0.15) is 12.8 Å². The Labute approximate surface area is 99.4 Å². The minimum Gasteiger partial charge on any atom is -0.378 e. The third kappa shape index (κ3) is 2.55. The number of hydrogen-bond acceptors (Lipinski definition) is 7. The standard InChI is InChI=1S/C10H16N6O/c11-8-13-9(12-7-1-2-7)15-10(14-8)16-3-5-17-6-4-16/h7H,1-6H2,(H3,11,12,13,14,15). The molecule has 0 unspecified atom stereocenters. The lowest BCUT2D eigenvalue weighted by Gasteiger charge is -2.26. The number of anilines is 3. The molecule has 1 aliphatic heterocycles. The molecule has 3 N–H and O–H groups in total. The van der Waals surface area contributed by atoms with Crippen molar-refractivity contribution in [2.75, 3.05) is 42.3 Å². The maximum absolute atomic E-state index is 5.70. The molecule has 1 aromatic heterocycles. The number of aromatic nitrogens is 3. The molecule has 2 heterocycles. The molecule has 0 spiro atoms. The maximum Gasteiger partial charge on any atom is 0.232 e. The largest absolute Gasteiger partial charge is 0.378 e. The zero-order valence-corrected chi connectivity index (χ0v) is 9.59. The smallest absolute Gasteiger partial charge is 0.232 e. The van der Waals surface area contributed by atoms with Crippen LogP contribution in [0.5, 0.6) is 0 Å². The molecule has 0 atom stereocenters. The highest BCUT2D eigenvalue weighted by Crippen LogP contribution is 2.23. The van der Waals surface area contributed by atoms with E-state index in [-0.39, 0.29) is 5.95 Å². The van der Waals surface area contributed by atoms with Crippen LogP contribution in [-0.2, 0) is 4.74 Å². The lowest BCUT2D eigenvalue weighted by atomic mass is 10.4. The topological polar surface area (TPSA) is 89.2 Å². The lowest BCUT2D eigenvalue weighted by molar-refractivity contribution is 0.122. The van der Waals surface area contributed by atoms with Crippen LogP contribution in [0, 0.1) is 0 Å². The van der Waals surface area contributed by atoms with Crippen molar-refractivity contribution in [1.29, 1.82) is 0 Å². The minimum atomic E-state index is 0.268. The summed E-state index contributed by atoms with van der Waals surface area (Å²) in [5, 5.41) is 3.24. The molecule has 92 valence electrons. The van der Waals surface area contributed by atoms with Gasteiger partial charge in [0.1, 0.15) is 0 Å². The van der Waals surface area contributed by atoms with Gasteiger partial charge in [-0.25, -0.2) is 0 Å². The third-order valence-corrected chi connectivity index (χ3v) is 2.85. The van der Waals surface area contributed by atoms with Crippen molar-refractivity contribution in [1.82, 2.24) is 15.0 Å². The highest BCUT2D eigenvalue weighted by Gasteiger charge is 2.23. The Balaban J connectivity index is 1.79. The zero-order valence-electron chi connectivity index (χ0n) is 9.59. The first-order chi connectivity index (χ1) is 8.31. The Hall–Kier alpha value is -1.63. The SMILES string of the molecule is Nc1nc(NC2CC2)nc(N2CCOCC2)n1. The molecule has 7 nitrogen and oxygen atoms in total. The molecule has 2 aliphatic rings. The van der Waals surface area contributed by atoms with E-state index in [0.29, 0.717) is 31.2 Å². The fraction of sp³-hybridized carbons (Fsp3) is 0.700. The van der Waals surface area contributed by atoms with Gasteiger partial charge in [0.25, 0.3) is 0 Å². The van der Waals surface area contributed by atoms with E-state index in [1.807, 2.05) is 0 Å². The molecule has 1 aliphatic carbocycles. The van der Waals surface area contributed by atoms with Crippen LogP contribution in [-0.4, -0.2) is 47.3 Å². The molecule has 1 saturated carbocycles. The van der Waals surface area contributed by atoms with Gasteiger partial charge in [-0.1, -0.05) is 0 Å². The second-order valence-electron chi connectivity index (χ2n) is 4.34. The summed E-state index contributed by atoms with van der Waals surface area (Å²) in [6.07, 6.45) is 2.36. The number of hydrogen-bond donors (Lipinski definition) is 2. The van der Waals surface area contributed by atoms with Gasteiger partial charge < -0.3 is 20.7 Å². The highest BCUT2D eigenvalue weighted by molar-refractivity contribution is 5.43. The van der Waals surface area contributed by atoms with Crippen molar-refractivity contribution in [2.24, 2.45) is 0 Å². The summed E-state index contributed by atoms with van der Waals surface area (Å²) in [5.74, 6) is 1.50. The van der Waals surface area contributed by atoms with Gasteiger partial charge in [-0.2, -0.15) is 15.0 Å². The first kappa shape index (κ1) is 10.5. The number of nitrogens with two attached hydrogens (primary N) is 1. The molecule has 1 saturated heterocycles. The second-order valence-corrected chi connectivity index (χ2v) is 4.34. The quantitative estimate of drug-likeness (QED) is 0.755. The predicted octanol–water partition coefficient (Wildman–Crippen LogP) is -0.135. The number of ether oxygens (including phenoxy) is 1. The molecule has 2 fully saturated rings. The fourth-order valence-electron chi connectivity index (χ4n) is 1.76. The van der Waals surface area contributed by atoms with Crippen molar-refractivity contribution >= 4 is 17.8 Å². The van der Waals surface area contributed by atoms with E-state index < -0.39 is 0 Å². The zero-order chi connectivity index (χ0) is 11.7. The molecular formula is C10H16N6O. The van der Waals surface area contributed by atoms with Gasteiger partial charge in [-0.05, 0) is 12.8 Å². The summed E-state index contributed by atoms with van der Waals surface area (Å²) in [6, 6.07) is 0.509. The molecular weight excluding hydrogens is 220 g/mol. The second kappa shape index (κ2) is 4.33. The lowest BCUT2D eigenvalue weighted by Crippen LogP contribution is -2.37. The average Bonchev–Trinajstić information content (AvgIpc) is 3.13. The average molecular weight is 236 g/mol. The summed E-state index contributed by atoms with van der Waals surface area (Å²) in [7, 11) is 0. The molecule has 0 bridgehead atoms. The van der Waals surface area contributed by atoms with Crippen molar-refractivity contribution in [3.8, 4) is 0 Å². The van der Waals surface area contributed by atoms with Gasteiger partial charge in [-0.15, -0.1) is 0 Å². The van der Waals surface area contributed by atoms with E-state index in [1.54, 1.807) is 0 Å². The van der Waals surface area contributed by atoms with E-state index in [9.17, 15) is 0 Å². The molecule has 0 aromatic carbocycles. The van der Waals surface area contributed by atoms with Gasteiger partial charge in [0.15, 0.2) is 0 Å². The van der Waals surface area contributed by atoms with Crippen LogP contribution in [0.3, 0.4) is 0 Å². The monoisotopic (exact) mass is 236 g/mol. The molecule has 0 radical (unpaired) electrons. The Morgan fingerprint density at radius 2 is 1.94 bits per heavy atom. The Bertz CT molecular complexity index is 402. The van der Waals surface area contributed by atoms with Gasteiger partial charge in [0, 0.05) is 19.1 Å². The van der Waals surface area contributed by atoms with Crippen molar-refractivity contribution in [3.63, 3.8) is 0 Å². The minimum absolute atomic E-state index is 0.268. The molecule has 0 amide bonds. The summed E-state index contributed by atoms with van der Waals surface area (Å²) < 4.78 is 5.30. The van der Waals surface area contributed by atoms with Crippen molar-refractivity contribution in [3.05, 3.63) is 0 Å². The predicted molar refractivity (Wildman–Crippen MR) is 63.9 cm³/mol. The molecule has 3 rings (SSSR count). The highest BCUT2D eigenvalue weighted by atomic mass is 16.5. The van der Waals surface area contributed by atoms with Crippen molar-refractivity contribution < 1.29 is 4.74 Å². The van der Waals surface area contributed by atoms with Gasteiger partial charge in [0.2, 0.25) is 17.8 Å². The number of nitrogens with zero attached hydrogens (tertiary/aromatic N) is 4. The van der Waals surface area contributed by atoms with Crippen LogP contribution in [0.15, 0.2) is 0 Å². The Morgan fingerprint density at radius 1 is 1.18 bits per heavy atom. The van der Waals surface area contributed by atoms with Crippen LogP contribution in [0.25, 0.3) is 0 Å². The van der Waals surface area contributed by atoms with Crippen LogP contribution >= 0.6 is 0 Å². The summed E-state index contributed by atoms with van der Waals surface area (Å²) in [5.41, 5.74) is 5.70. The number of nitrogens with one attached hydrogen (secondary N) is 1. The van der Waals surface area contributed by atoms with Crippen molar-refractivity contribution in [2.45, 2.75) is 18.9 Å². The molecule has 7 heteroatoms. The van der Waals surface area contributed by atoms with E-state index in [1.165, 1.54) is 12.8 Å². The normalized spacial score (nSPS) is 20.4. The summed E-state index contributed by atoms with van der Waals surface area (Å²) in [6.45, 7) is 3.01. The number of nitrogen functional groups attached to an aromatic ring is 1. The van der Waals surface area contributed by atoms with Gasteiger partial charge >= 0.3 is 0 Å². The number of morpholine rings is 1.